The second kappa shape index (κ2) is 7.19. The molecule has 11 heteroatoms. The molecular weight excluding hydrogens is 414 g/mol. The first-order chi connectivity index (χ1) is 14.9. The van der Waals surface area contributed by atoms with Gasteiger partial charge in [-0.25, -0.2) is 28.3 Å². The Hall–Kier alpha value is -3.21. The van der Waals surface area contributed by atoms with E-state index in [0.29, 0.717) is 42.2 Å². The number of fused-ring (bicyclic) bond motifs is 3. The summed E-state index contributed by atoms with van der Waals surface area (Å²) in [5.74, 6) is 0.0368. The van der Waals surface area contributed by atoms with Gasteiger partial charge in [-0.3, -0.25) is 5.32 Å². The first kappa shape index (κ1) is 19.7. The highest BCUT2D eigenvalue weighted by Gasteiger charge is 2.44. The number of nitrogens with one attached hydrogen (secondary N) is 1. The maximum Gasteiger partial charge on any atom is 0.416 e. The number of hydrogen-bond acceptors (Lipinski definition) is 6. The predicted octanol–water partition coefficient (Wildman–Crippen LogP) is 2.20. The van der Waals surface area contributed by atoms with Crippen molar-refractivity contribution in [3.63, 3.8) is 0 Å². The largest absolute Gasteiger partial charge is 0.491 e. The quantitative estimate of drug-likeness (QED) is 0.760. The number of nitrogens with zero attached hydrogens (tertiary/aromatic N) is 3. The monoisotopic (exact) mass is 434 g/mol. The fourth-order valence-electron chi connectivity index (χ4n) is 4.43. The van der Waals surface area contributed by atoms with Crippen LogP contribution >= 0.6 is 0 Å². The number of anilines is 1. The molecule has 2 saturated heterocycles. The summed E-state index contributed by atoms with van der Waals surface area (Å²) in [6.45, 7) is 0.869. The number of aromatic nitrogens is 2. The lowest BCUT2D eigenvalue weighted by Gasteiger charge is -2.25. The zero-order valence-corrected chi connectivity index (χ0v) is 16.4. The van der Waals surface area contributed by atoms with Crippen molar-refractivity contribution < 1.29 is 33.0 Å². The van der Waals surface area contributed by atoms with E-state index in [-0.39, 0.29) is 12.4 Å². The molecule has 4 heterocycles. The SMILES string of the molecule is O=C1OC[C@@H](C(F)F)N1c1cn2c(n1)-c1ccc([C@@]3(C(=O)O)CCCN3)cc1OCC2. The lowest BCUT2D eigenvalue weighted by molar-refractivity contribution is -0.144. The molecule has 5 rings (SSSR count). The molecule has 3 aliphatic heterocycles. The zero-order chi connectivity index (χ0) is 21.8. The first-order valence-electron chi connectivity index (χ1n) is 9.98. The van der Waals surface area contributed by atoms with Crippen molar-refractivity contribution in [3.05, 3.63) is 30.0 Å². The van der Waals surface area contributed by atoms with Gasteiger partial charge in [0, 0.05) is 6.20 Å². The van der Waals surface area contributed by atoms with Gasteiger partial charge in [0.25, 0.3) is 6.43 Å². The van der Waals surface area contributed by atoms with Gasteiger partial charge in [0.15, 0.2) is 5.82 Å². The highest BCUT2D eigenvalue weighted by atomic mass is 19.3. The number of halogens is 2. The van der Waals surface area contributed by atoms with Crippen LogP contribution in [0.15, 0.2) is 24.4 Å². The molecule has 1 aromatic carbocycles. The highest BCUT2D eigenvalue weighted by Crippen LogP contribution is 2.39. The molecule has 0 unspecified atom stereocenters. The highest BCUT2D eigenvalue weighted by molar-refractivity contribution is 5.90. The maximum absolute atomic E-state index is 13.3. The maximum atomic E-state index is 13.3. The van der Waals surface area contributed by atoms with Crippen LogP contribution in [0.4, 0.5) is 19.4 Å². The number of cyclic esters (lactones) is 1. The standard InChI is InChI=1S/C20H20F2N4O5/c21-16(22)13-10-31-19(29)26(13)15-9-25-6-7-30-14-8-11(2-3-12(14)17(25)24-15)20(18(27)28)4-1-5-23-20/h2-3,8-9,13,16,23H,1,4-7,10H2,(H,27,28)/t13-,20+/m0/s1. The van der Waals surface area contributed by atoms with Crippen molar-refractivity contribution in [1.82, 2.24) is 14.9 Å². The Morgan fingerprint density at radius 2 is 2.19 bits per heavy atom. The number of carboxylic acids is 1. The molecule has 2 fully saturated rings. The Morgan fingerprint density at radius 1 is 1.35 bits per heavy atom. The molecule has 3 aliphatic rings. The van der Waals surface area contributed by atoms with Crippen LogP contribution in [-0.4, -0.2) is 58.9 Å². The van der Waals surface area contributed by atoms with E-state index in [1.54, 1.807) is 22.8 Å². The smallest absolute Gasteiger partial charge is 0.416 e. The van der Waals surface area contributed by atoms with Gasteiger partial charge in [-0.05, 0) is 37.1 Å². The fraction of sp³-hybridized carbons (Fsp3) is 0.450. The number of imidazole rings is 1. The number of aliphatic carboxylic acids is 1. The van der Waals surface area contributed by atoms with Crippen LogP contribution in [0.2, 0.25) is 0 Å². The molecular formula is C20H20F2N4O5. The molecule has 0 bridgehead atoms. The van der Waals surface area contributed by atoms with Crippen LogP contribution in [0, 0.1) is 0 Å². The van der Waals surface area contributed by atoms with Crippen LogP contribution in [0.3, 0.4) is 0 Å². The third kappa shape index (κ3) is 3.02. The van der Waals surface area contributed by atoms with Gasteiger partial charge >= 0.3 is 12.1 Å². The third-order valence-electron chi connectivity index (χ3n) is 6.03. The van der Waals surface area contributed by atoms with Gasteiger partial charge in [-0.15, -0.1) is 0 Å². The molecule has 31 heavy (non-hydrogen) atoms. The first-order valence-corrected chi connectivity index (χ1v) is 9.98. The van der Waals surface area contributed by atoms with E-state index in [2.05, 4.69) is 10.3 Å². The predicted molar refractivity (Wildman–Crippen MR) is 103 cm³/mol. The number of carbonyl (C=O) groups excluding carboxylic acids is 1. The Bertz CT molecular complexity index is 1050. The molecule has 0 saturated carbocycles. The molecule has 2 atom stereocenters. The third-order valence-corrected chi connectivity index (χ3v) is 6.03. The molecule has 0 radical (unpaired) electrons. The molecule has 2 aromatic rings. The van der Waals surface area contributed by atoms with Crippen LogP contribution in [0.5, 0.6) is 5.75 Å². The summed E-state index contributed by atoms with van der Waals surface area (Å²) in [5, 5.41) is 12.9. The van der Waals surface area contributed by atoms with Gasteiger partial charge in [-0.1, -0.05) is 6.07 Å². The Kier molecular flexibility index (Phi) is 4.58. The van der Waals surface area contributed by atoms with Crippen molar-refractivity contribution in [2.45, 2.75) is 37.4 Å². The number of rotatable bonds is 4. The number of amides is 1. The zero-order valence-electron chi connectivity index (χ0n) is 16.4. The molecule has 0 aliphatic carbocycles. The Labute approximate surface area is 175 Å². The summed E-state index contributed by atoms with van der Waals surface area (Å²) < 4.78 is 39.1. The molecule has 1 aromatic heterocycles. The molecule has 9 nitrogen and oxygen atoms in total. The minimum Gasteiger partial charge on any atom is -0.491 e. The molecule has 1 amide bonds. The summed E-state index contributed by atoms with van der Waals surface area (Å²) >= 11 is 0. The van der Waals surface area contributed by atoms with Gasteiger partial charge in [-0.2, -0.15) is 0 Å². The Balaban J connectivity index is 1.55. The number of alkyl halides is 2. The number of carbonyl (C=O) groups is 2. The van der Waals surface area contributed by atoms with E-state index >= 15 is 0 Å². The molecule has 0 spiro atoms. The van der Waals surface area contributed by atoms with E-state index < -0.39 is 36.7 Å². The second-order valence-electron chi connectivity index (χ2n) is 7.77. The summed E-state index contributed by atoms with van der Waals surface area (Å²) in [6, 6.07) is 3.73. The lowest BCUT2D eigenvalue weighted by atomic mass is 9.87. The second-order valence-corrected chi connectivity index (χ2v) is 7.77. The lowest BCUT2D eigenvalue weighted by Crippen LogP contribution is -2.44. The van der Waals surface area contributed by atoms with Crippen LogP contribution in [0.1, 0.15) is 18.4 Å². The average Bonchev–Trinajstić information content (AvgIpc) is 3.45. The van der Waals surface area contributed by atoms with Gasteiger partial charge < -0.3 is 19.1 Å². The number of benzene rings is 1. The van der Waals surface area contributed by atoms with E-state index in [4.69, 9.17) is 9.47 Å². The fourth-order valence-corrected chi connectivity index (χ4v) is 4.43. The Morgan fingerprint density at radius 3 is 2.90 bits per heavy atom. The number of carboxylic acid groups (broad SMARTS) is 1. The van der Waals surface area contributed by atoms with Gasteiger partial charge in [0.05, 0.1) is 12.1 Å². The minimum atomic E-state index is -2.77. The van der Waals surface area contributed by atoms with E-state index in [1.165, 1.54) is 6.20 Å². The average molecular weight is 434 g/mol. The topological polar surface area (TPSA) is 106 Å². The summed E-state index contributed by atoms with van der Waals surface area (Å²) in [5.41, 5.74) is -0.000665. The van der Waals surface area contributed by atoms with E-state index in [0.717, 1.165) is 11.3 Å². The van der Waals surface area contributed by atoms with Crippen LogP contribution in [0.25, 0.3) is 11.4 Å². The summed E-state index contributed by atoms with van der Waals surface area (Å²) in [4.78, 5) is 29.4. The number of ether oxygens (including phenoxy) is 2. The summed E-state index contributed by atoms with van der Waals surface area (Å²) in [7, 11) is 0. The van der Waals surface area contributed by atoms with Gasteiger partial charge in [0.1, 0.15) is 36.4 Å². The van der Waals surface area contributed by atoms with Crippen molar-refractivity contribution in [2.24, 2.45) is 0 Å². The van der Waals surface area contributed by atoms with Crippen molar-refractivity contribution in [1.29, 1.82) is 0 Å². The molecule has 164 valence electrons. The molecule has 2 N–H and O–H groups in total. The van der Waals surface area contributed by atoms with Crippen LogP contribution in [-0.2, 0) is 21.6 Å². The van der Waals surface area contributed by atoms with Crippen LogP contribution < -0.4 is 15.0 Å². The van der Waals surface area contributed by atoms with Gasteiger partial charge in [0.2, 0.25) is 0 Å². The van der Waals surface area contributed by atoms with E-state index in [1.807, 2.05) is 0 Å². The van der Waals surface area contributed by atoms with Crippen molar-refractivity contribution >= 4 is 17.9 Å². The number of hydrogen-bond donors (Lipinski definition) is 2. The van der Waals surface area contributed by atoms with Crippen molar-refractivity contribution in [3.8, 4) is 17.1 Å². The summed E-state index contributed by atoms with van der Waals surface area (Å²) in [6.07, 6.45) is -0.888. The van der Waals surface area contributed by atoms with Crippen molar-refractivity contribution in [2.75, 3.05) is 24.7 Å². The minimum absolute atomic E-state index is 0.0826. The normalized spacial score (nSPS) is 25.1. The van der Waals surface area contributed by atoms with E-state index in [9.17, 15) is 23.5 Å².